The van der Waals surface area contributed by atoms with Gasteiger partial charge in [-0.1, -0.05) is 121 Å². The molecule has 0 unspecified atom stereocenters. The van der Waals surface area contributed by atoms with E-state index in [9.17, 15) is 5.11 Å². The summed E-state index contributed by atoms with van der Waals surface area (Å²) in [5.74, 6) is -0.972. The summed E-state index contributed by atoms with van der Waals surface area (Å²) in [4.78, 5) is 0. The number of hydrogen-bond acceptors (Lipinski definition) is 4. The first-order valence-corrected chi connectivity index (χ1v) is 12.3. The molecule has 4 nitrogen and oxygen atoms in total. The molecule has 184 valence electrons. The second kappa shape index (κ2) is 9.64. The van der Waals surface area contributed by atoms with Gasteiger partial charge in [-0.3, -0.25) is 0 Å². The molecule has 1 heterocycles. The Labute approximate surface area is 213 Å². The quantitative estimate of drug-likeness (QED) is 0.351. The summed E-state index contributed by atoms with van der Waals surface area (Å²) in [5, 5.41) is 12.7. The van der Waals surface area contributed by atoms with Crippen LogP contribution in [0.5, 0.6) is 0 Å². The first-order valence-electron chi connectivity index (χ1n) is 12.3. The fraction of sp³-hybridized carbons (Fsp3) is 0.250. The summed E-state index contributed by atoms with van der Waals surface area (Å²) >= 11 is 0. The van der Waals surface area contributed by atoms with Crippen LogP contribution < -0.4 is 0 Å². The third kappa shape index (κ3) is 4.06. The summed E-state index contributed by atoms with van der Waals surface area (Å²) < 4.78 is 19.8. The zero-order valence-electron chi connectivity index (χ0n) is 20.9. The molecular formula is C32H32O4. The standard InChI is InChI=1S/C32H32O4/c1-30(2)35-28(31(33,24-16-8-4-9-17-24)25-18-10-5-11-19-25)29(36-30)32(34-3,26-20-12-6-13-21-26)27-22-14-7-15-23-27/h4-23,28-29,33H,1-3H3/t28-,29-/m0/s1. The second-order valence-electron chi connectivity index (χ2n) is 9.65. The van der Waals surface area contributed by atoms with Crippen molar-refractivity contribution in [1.82, 2.24) is 0 Å². The van der Waals surface area contributed by atoms with Crippen molar-refractivity contribution in [2.24, 2.45) is 0 Å². The van der Waals surface area contributed by atoms with Crippen LogP contribution in [0.4, 0.5) is 0 Å². The summed E-state index contributed by atoms with van der Waals surface area (Å²) in [7, 11) is 1.69. The van der Waals surface area contributed by atoms with Crippen LogP contribution in [0.3, 0.4) is 0 Å². The lowest BCUT2D eigenvalue weighted by molar-refractivity contribution is -0.174. The molecule has 1 fully saturated rings. The van der Waals surface area contributed by atoms with Crippen LogP contribution in [0.15, 0.2) is 121 Å². The van der Waals surface area contributed by atoms with Gasteiger partial charge in [0.05, 0.1) is 0 Å². The van der Waals surface area contributed by atoms with Gasteiger partial charge < -0.3 is 19.3 Å². The fourth-order valence-corrected chi connectivity index (χ4v) is 5.46. The van der Waals surface area contributed by atoms with E-state index in [0.29, 0.717) is 0 Å². The highest BCUT2D eigenvalue weighted by molar-refractivity contribution is 5.43. The Morgan fingerprint density at radius 2 is 0.917 bits per heavy atom. The van der Waals surface area contributed by atoms with Gasteiger partial charge in [0.1, 0.15) is 23.4 Å². The topological polar surface area (TPSA) is 47.9 Å². The maximum absolute atomic E-state index is 12.7. The number of methoxy groups -OCH3 is 1. The lowest BCUT2D eigenvalue weighted by Gasteiger charge is -2.44. The molecule has 0 spiro atoms. The Kier molecular flexibility index (Phi) is 6.54. The molecule has 1 aliphatic heterocycles. The highest BCUT2D eigenvalue weighted by atomic mass is 16.8. The third-order valence-electron chi connectivity index (χ3n) is 7.06. The maximum atomic E-state index is 12.7. The van der Waals surface area contributed by atoms with Crippen molar-refractivity contribution in [3.63, 3.8) is 0 Å². The van der Waals surface area contributed by atoms with E-state index in [-0.39, 0.29) is 0 Å². The Hall–Kier alpha value is -3.28. The smallest absolute Gasteiger partial charge is 0.164 e. The average Bonchev–Trinajstić information content (AvgIpc) is 3.27. The molecule has 4 aromatic rings. The van der Waals surface area contributed by atoms with Crippen LogP contribution in [0, 0.1) is 0 Å². The van der Waals surface area contributed by atoms with Gasteiger partial charge in [0.15, 0.2) is 5.79 Å². The van der Waals surface area contributed by atoms with Crippen molar-refractivity contribution in [3.05, 3.63) is 144 Å². The molecule has 0 bridgehead atoms. The summed E-state index contributed by atoms with van der Waals surface area (Å²) in [6, 6.07) is 39.4. The molecule has 5 rings (SSSR count). The average molecular weight is 481 g/mol. The van der Waals surface area contributed by atoms with E-state index >= 15 is 0 Å². The van der Waals surface area contributed by atoms with Gasteiger partial charge in [0, 0.05) is 7.11 Å². The van der Waals surface area contributed by atoms with Crippen LogP contribution in [-0.2, 0) is 25.4 Å². The van der Waals surface area contributed by atoms with E-state index in [1.165, 1.54) is 0 Å². The van der Waals surface area contributed by atoms with Crippen molar-refractivity contribution >= 4 is 0 Å². The molecule has 0 amide bonds. The van der Waals surface area contributed by atoms with Gasteiger partial charge >= 0.3 is 0 Å². The maximum Gasteiger partial charge on any atom is 0.164 e. The molecule has 1 saturated heterocycles. The largest absolute Gasteiger partial charge is 0.378 e. The molecule has 36 heavy (non-hydrogen) atoms. The third-order valence-corrected chi connectivity index (χ3v) is 7.06. The Bertz CT molecular complexity index is 1180. The van der Waals surface area contributed by atoms with Crippen LogP contribution >= 0.6 is 0 Å². The van der Waals surface area contributed by atoms with Crippen molar-refractivity contribution in [1.29, 1.82) is 0 Å². The highest BCUT2D eigenvalue weighted by Gasteiger charge is 2.62. The van der Waals surface area contributed by atoms with E-state index in [2.05, 4.69) is 0 Å². The van der Waals surface area contributed by atoms with Crippen LogP contribution in [0.25, 0.3) is 0 Å². The monoisotopic (exact) mass is 480 g/mol. The minimum atomic E-state index is -1.52. The number of hydrogen-bond donors (Lipinski definition) is 1. The van der Waals surface area contributed by atoms with Crippen molar-refractivity contribution in [2.45, 2.75) is 43.0 Å². The van der Waals surface area contributed by atoms with Gasteiger partial charge in [-0.2, -0.15) is 0 Å². The summed E-state index contributed by atoms with van der Waals surface area (Å²) in [6.45, 7) is 3.76. The zero-order valence-corrected chi connectivity index (χ0v) is 20.9. The van der Waals surface area contributed by atoms with E-state index < -0.39 is 29.2 Å². The minimum absolute atomic E-state index is 0.701. The lowest BCUT2D eigenvalue weighted by Crippen LogP contribution is -2.55. The number of rotatable bonds is 7. The lowest BCUT2D eigenvalue weighted by atomic mass is 9.72. The van der Waals surface area contributed by atoms with Gasteiger partial charge in [-0.25, -0.2) is 0 Å². The van der Waals surface area contributed by atoms with E-state index in [4.69, 9.17) is 14.2 Å². The number of aliphatic hydroxyl groups is 1. The Morgan fingerprint density at radius 1 is 0.583 bits per heavy atom. The Balaban J connectivity index is 1.79. The molecule has 0 saturated carbocycles. The normalized spacial score (nSPS) is 19.8. The molecule has 1 N–H and O–H groups in total. The molecule has 0 aliphatic carbocycles. The zero-order chi connectivity index (χ0) is 25.2. The summed E-state index contributed by atoms with van der Waals surface area (Å²) in [5.41, 5.74) is 0.696. The molecule has 4 heteroatoms. The van der Waals surface area contributed by atoms with Crippen molar-refractivity contribution in [3.8, 4) is 0 Å². The molecule has 2 atom stereocenters. The summed E-state index contributed by atoms with van der Waals surface area (Å²) in [6.07, 6.45) is -1.51. The van der Waals surface area contributed by atoms with Gasteiger partial charge in [-0.15, -0.1) is 0 Å². The molecule has 1 aliphatic rings. The van der Waals surface area contributed by atoms with Gasteiger partial charge in [0.25, 0.3) is 0 Å². The molecular weight excluding hydrogens is 448 g/mol. The van der Waals surface area contributed by atoms with Crippen LogP contribution in [-0.4, -0.2) is 30.2 Å². The molecule has 0 aromatic heterocycles. The SMILES string of the molecule is COC(c1ccccc1)(c1ccccc1)[C@H]1OC(C)(C)O[C@@H]1C(O)(c1ccccc1)c1ccccc1. The fourth-order valence-electron chi connectivity index (χ4n) is 5.46. The predicted molar refractivity (Wildman–Crippen MR) is 140 cm³/mol. The molecule has 0 radical (unpaired) electrons. The van der Waals surface area contributed by atoms with Gasteiger partial charge in [-0.05, 0) is 36.1 Å². The predicted octanol–water partition coefficient (Wildman–Crippen LogP) is 6.03. The minimum Gasteiger partial charge on any atom is -0.378 e. The first kappa shape index (κ1) is 24.4. The van der Waals surface area contributed by atoms with E-state index in [0.717, 1.165) is 22.3 Å². The molecule has 4 aromatic carbocycles. The van der Waals surface area contributed by atoms with Crippen LogP contribution in [0.2, 0.25) is 0 Å². The van der Waals surface area contributed by atoms with E-state index in [1.54, 1.807) is 7.11 Å². The first-order chi connectivity index (χ1) is 17.4. The van der Waals surface area contributed by atoms with Crippen molar-refractivity contribution in [2.75, 3.05) is 7.11 Å². The highest BCUT2D eigenvalue weighted by Crippen LogP contribution is 2.51. The van der Waals surface area contributed by atoms with Crippen LogP contribution in [0.1, 0.15) is 36.1 Å². The van der Waals surface area contributed by atoms with Crippen molar-refractivity contribution < 1.29 is 19.3 Å². The number of ether oxygens (including phenoxy) is 3. The van der Waals surface area contributed by atoms with E-state index in [1.807, 2.05) is 135 Å². The second-order valence-corrected chi connectivity index (χ2v) is 9.65. The Morgan fingerprint density at radius 3 is 1.28 bits per heavy atom. The van der Waals surface area contributed by atoms with Gasteiger partial charge in [0.2, 0.25) is 0 Å². The number of benzene rings is 4.